The molecule has 0 spiro atoms. The molecule has 3 heterocycles. The van der Waals surface area contributed by atoms with E-state index < -0.39 is 16.1 Å². The Balaban J connectivity index is 1.39. The van der Waals surface area contributed by atoms with Crippen LogP contribution < -0.4 is 10.2 Å². The summed E-state index contributed by atoms with van der Waals surface area (Å²) in [5, 5.41) is 3.00. The van der Waals surface area contributed by atoms with Crippen molar-refractivity contribution in [2.75, 3.05) is 44.2 Å². The van der Waals surface area contributed by atoms with Crippen molar-refractivity contribution in [3.63, 3.8) is 0 Å². The first-order valence-electron chi connectivity index (χ1n) is 12.3. The van der Waals surface area contributed by atoms with Crippen LogP contribution in [0.5, 0.6) is 0 Å². The number of rotatable bonds is 7. The Morgan fingerprint density at radius 1 is 1.00 bits per heavy atom. The zero-order valence-electron chi connectivity index (χ0n) is 19.6. The molecule has 1 atom stereocenters. The molecule has 0 aliphatic carbocycles. The number of hydrogen-bond donors (Lipinski definition) is 1. The number of nitrogens with zero attached hydrogens (tertiary/aromatic N) is 3. The third-order valence-electron chi connectivity index (χ3n) is 7.03. The molecule has 3 aliphatic heterocycles. The highest BCUT2D eigenvalue weighted by molar-refractivity contribution is 7.89. The van der Waals surface area contributed by atoms with Crippen LogP contribution in [0.2, 0.25) is 0 Å². The Labute approximate surface area is 197 Å². The molecule has 0 radical (unpaired) electrons. The van der Waals surface area contributed by atoms with E-state index in [0.717, 1.165) is 44.5 Å². The molecule has 0 saturated carbocycles. The molecule has 9 heteroatoms. The van der Waals surface area contributed by atoms with Gasteiger partial charge < -0.3 is 10.2 Å². The fourth-order valence-corrected chi connectivity index (χ4v) is 6.83. The Bertz CT molecular complexity index is 967. The second-order valence-corrected chi connectivity index (χ2v) is 11.3. The number of carbonyl (C=O) groups is 2. The summed E-state index contributed by atoms with van der Waals surface area (Å²) >= 11 is 0. The van der Waals surface area contributed by atoms with Crippen molar-refractivity contribution in [1.82, 2.24) is 14.5 Å². The lowest BCUT2D eigenvalue weighted by Crippen LogP contribution is -2.47. The van der Waals surface area contributed by atoms with E-state index in [1.807, 2.05) is 0 Å². The van der Waals surface area contributed by atoms with Gasteiger partial charge >= 0.3 is 0 Å². The lowest BCUT2D eigenvalue weighted by molar-refractivity contribution is -0.125. The maximum Gasteiger partial charge on any atom is 0.243 e. The molecule has 0 unspecified atom stereocenters. The number of amides is 2. The van der Waals surface area contributed by atoms with Crippen LogP contribution in [0, 0.1) is 0 Å². The van der Waals surface area contributed by atoms with E-state index >= 15 is 0 Å². The van der Waals surface area contributed by atoms with Gasteiger partial charge in [-0.3, -0.25) is 14.5 Å². The number of sulfonamides is 1. The quantitative estimate of drug-likeness (QED) is 0.609. The minimum atomic E-state index is -3.54. The predicted molar refractivity (Wildman–Crippen MR) is 128 cm³/mol. The maximum atomic E-state index is 13.0. The van der Waals surface area contributed by atoms with Gasteiger partial charge in [-0.15, -0.1) is 0 Å². The van der Waals surface area contributed by atoms with Crippen molar-refractivity contribution in [3.8, 4) is 0 Å². The van der Waals surface area contributed by atoms with E-state index in [-0.39, 0.29) is 16.7 Å². The van der Waals surface area contributed by atoms with Crippen LogP contribution in [-0.2, 0) is 26.0 Å². The summed E-state index contributed by atoms with van der Waals surface area (Å²) in [4.78, 5) is 29.6. The fourth-order valence-electron chi connectivity index (χ4n) is 5.26. The lowest BCUT2D eigenvalue weighted by atomic mass is 10.1. The molecule has 1 aromatic carbocycles. The summed E-state index contributed by atoms with van der Waals surface area (Å²) in [5.41, 5.74) is 1.36. The van der Waals surface area contributed by atoms with Crippen molar-refractivity contribution in [3.05, 3.63) is 23.8 Å². The van der Waals surface area contributed by atoms with E-state index in [9.17, 15) is 18.0 Å². The monoisotopic (exact) mass is 476 g/mol. The van der Waals surface area contributed by atoms with Gasteiger partial charge in [0.25, 0.3) is 0 Å². The van der Waals surface area contributed by atoms with E-state index in [0.29, 0.717) is 31.7 Å². The van der Waals surface area contributed by atoms with Gasteiger partial charge in [0, 0.05) is 38.7 Å². The van der Waals surface area contributed by atoms with Gasteiger partial charge in [-0.2, -0.15) is 4.31 Å². The molecule has 2 saturated heterocycles. The van der Waals surface area contributed by atoms with Gasteiger partial charge in [0.1, 0.15) is 6.04 Å². The topological polar surface area (TPSA) is 90.0 Å². The number of likely N-dealkylation sites (tertiary alicyclic amines) is 1. The van der Waals surface area contributed by atoms with Gasteiger partial charge in [-0.1, -0.05) is 12.8 Å². The highest BCUT2D eigenvalue weighted by Crippen LogP contribution is 2.35. The van der Waals surface area contributed by atoms with Crippen LogP contribution in [0.4, 0.5) is 5.69 Å². The summed E-state index contributed by atoms with van der Waals surface area (Å²) in [5.74, 6) is -0.394. The summed E-state index contributed by atoms with van der Waals surface area (Å²) < 4.78 is 27.4. The number of carbonyl (C=O) groups excluding carboxylic acids is 2. The first-order chi connectivity index (χ1) is 15.9. The minimum absolute atomic E-state index is 0.179. The van der Waals surface area contributed by atoms with Gasteiger partial charge in [0.15, 0.2) is 0 Å². The third-order valence-corrected chi connectivity index (χ3v) is 8.92. The van der Waals surface area contributed by atoms with Crippen LogP contribution >= 0.6 is 0 Å². The average molecular weight is 477 g/mol. The van der Waals surface area contributed by atoms with Crippen molar-refractivity contribution < 1.29 is 18.0 Å². The number of fused-ring (bicyclic) bond motifs is 1. The van der Waals surface area contributed by atoms with Crippen LogP contribution in [0.15, 0.2) is 23.1 Å². The zero-order chi connectivity index (χ0) is 23.4. The van der Waals surface area contributed by atoms with Crippen molar-refractivity contribution in [2.24, 2.45) is 0 Å². The molecule has 2 fully saturated rings. The molecular weight excluding hydrogens is 440 g/mol. The summed E-state index contributed by atoms with van der Waals surface area (Å²) in [7, 11) is -3.54. The predicted octanol–water partition coefficient (Wildman–Crippen LogP) is 2.13. The maximum absolute atomic E-state index is 13.0. The standard InChI is InChI=1S/C24H36N4O4S/c1-19(29)28-22-10-9-21(33(31,32)27-15-6-7-16-27)17-20(22)18-23(28)24(30)25-11-8-14-26-12-4-2-3-5-13-26/h9-10,17,23H,2-8,11-16,18H2,1H3,(H,25,30)/t23-/m0/s1. The molecule has 182 valence electrons. The summed E-state index contributed by atoms with van der Waals surface area (Å²) in [6.45, 7) is 6.34. The van der Waals surface area contributed by atoms with Crippen LogP contribution in [-0.4, -0.2) is 74.7 Å². The van der Waals surface area contributed by atoms with Crippen LogP contribution in [0.3, 0.4) is 0 Å². The Morgan fingerprint density at radius 2 is 1.67 bits per heavy atom. The molecule has 2 amide bonds. The normalized spacial score (nSPS) is 22.2. The minimum Gasteiger partial charge on any atom is -0.354 e. The lowest BCUT2D eigenvalue weighted by Gasteiger charge is -2.24. The van der Waals surface area contributed by atoms with E-state index in [1.54, 1.807) is 18.2 Å². The summed E-state index contributed by atoms with van der Waals surface area (Å²) in [6.07, 6.45) is 8.06. The molecule has 1 N–H and O–H groups in total. The van der Waals surface area contributed by atoms with Crippen LogP contribution in [0.1, 0.15) is 57.4 Å². The van der Waals surface area contributed by atoms with Crippen molar-refractivity contribution in [2.45, 2.75) is 69.2 Å². The molecule has 3 aliphatic rings. The number of benzene rings is 1. The first-order valence-corrected chi connectivity index (χ1v) is 13.7. The smallest absolute Gasteiger partial charge is 0.243 e. The van der Waals surface area contributed by atoms with Crippen LogP contribution in [0.25, 0.3) is 0 Å². The summed E-state index contributed by atoms with van der Waals surface area (Å²) in [6, 6.07) is 4.24. The Morgan fingerprint density at radius 3 is 2.33 bits per heavy atom. The molecule has 4 rings (SSSR count). The molecule has 1 aromatic rings. The SMILES string of the molecule is CC(=O)N1c2ccc(S(=O)(=O)N3CCCC3)cc2C[C@H]1C(=O)NCCCN1CCCCCC1. The van der Waals surface area contributed by atoms with Gasteiger partial charge in [-0.05, 0) is 75.5 Å². The van der Waals surface area contributed by atoms with E-state index in [2.05, 4.69) is 10.2 Å². The van der Waals surface area contributed by atoms with Crippen molar-refractivity contribution in [1.29, 1.82) is 0 Å². The highest BCUT2D eigenvalue weighted by Gasteiger charge is 2.38. The fraction of sp³-hybridized carbons (Fsp3) is 0.667. The largest absolute Gasteiger partial charge is 0.354 e. The first kappa shape index (κ1) is 24.2. The second-order valence-electron chi connectivity index (χ2n) is 9.41. The number of nitrogens with one attached hydrogen (secondary N) is 1. The van der Waals surface area contributed by atoms with Gasteiger partial charge in [0.05, 0.1) is 4.90 Å². The molecular formula is C24H36N4O4S. The Kier molecular flexibility index (Phi) is 7.71. The zero-order valence-corrected chi connectivity index (χ0v) is 20.4. The van der Waals surface area contributed by atoms with E-state index in [1.165, 1.54) is 41.8 Å². The molecule has 33 heavy (non-hydrogen) atoms. The molecule has 0 aromatic heterocycles. The highest BCUT2D eigenvalue weighted by atomic mass is 32.2. The van der Waals surface area contributed by atoms with Crippen molar-refractivity contribution >= 4 is 27.5 Å². The molecule has 8 nitrogen and oxygen atoms in total. The second kappa shape index (κ2) is 10.5. The number of hydrogen-bond acceptors (Lipinski definition) is 5. The van der Waals surface area contributed by atoms with E-state index in [4.69, 9.17) is 0 Å². The van der Waals surface area contributed by atoms with Gasteiger partial charge in [-0.25, -0.2) is 8.42 Å². The molecule has 0 bridgehead atoms. The number of anilines is 1. The Hall–Kier alpha value is -1.97. The average Bonchev–Trinajstić information content (AvgIpc) is 3.39. The third kappa shape index (κ3) is 5.41. The van der Waals surface area contributed by atoms with Gasteiger partial charge in [0.2, 0.25) is 21.8 Å².